The Morgan fingerprint density at radius 2 is 1.88 bits per heavy atom. The molecular formula is C20H23N3O. The van der Waals surface area contributed by atoms with E-state index in [1.807, 2.05) is 66.4 Å². The van der Waals surface area contributed by atoms with Crippen molar-refractivity contribution in [3.63, 3.8) is 0 Å². The summed E-state index contributed by atoms with van der Waals surface area (Å²) < 4.78 is 7.73. The summed E-state index contributed by atoms with van der Waals surface area (Å²) in [6.45, 7) is 5.15. The fourth-order valence-corrected chi connectivity index (χ4v) is 2.44. The maximum Gasteiger partial charge on any atom is 0.230 e. The third-order valence-corrected chi connectivity index (χ3v) is 3.94. The molecule has 0 bridgehead atoms. The summed E-state index contributed by atoms with van der Waals surface area (Å²) in [5.74, 6) is 2.26. The van der Waals surface area contributed by atoms with E-state index < -0.39 is 0 Å². The molecule has 0 N–H and O–H groups in total. The van der Waals surface area contributed by atoms with E-state index in [0.29, 0.717) is 11.9 Å². The first-order chi connectivity index (χ1) is 11.6. The van der Waals surface area contributed by atoms with Gasteiger partial charge < -0.3 is 9.30 Å². The second kappa shape index (κ2) is 7.30. The number of ether oxygens (including phenoxy) is 1. The van der Waals surface area contributed by atoms with Crippen molar-refractivity contribution in [2.75, 3.05) is 6.61 Å². The molecule has 0 spiro atoms. The first kappa shape index (κ1) is 16.2. The van der Waals surface area contributed by atoms with Crippen LogP contribution in [-0.2, 0) is 7.05 Å². The molecule has 0 aliphatic rings. The Morgan fingerprint density at radius 1 is 1.12 bits per heavy atom. The van der Waals surface area contributed by atoms with Gasteiger partial charge in [0.05, 0.1) is 17.6 Å². The number of hydrogen-bond acceptors (Lipinski definition) is 3. The van der Waals surface area contributed by atoms with Crippen molar-refractivity contribution in [1.29, 1.82) is 0 Å². The highest BCUT2D eigenvalue weighted by Crippen LogP contribution is 2.20. The van der Waals surface area contributed by atoms with Crippen molar-refractivity contribution in [3.05, 3.63) is 54.1 Å². The Kier molecular flexibility index (Phi) is 4.94. The van der Waals surface area contributed by atoms with E-state index in [2.05, 4.69) is 23.8 Å². The number of fused-ring (bicyclic) bond motifs is 1. The number of benzene rings is 2. The van der Waals surface area contributed by atoms with Crippen LogP contribution in [0.15, 0.2) is 53.5 Å². The summed E-state index contributed by atoms with van der Waals surface area (Å²) in [6, 6.07) is 16.0. The van der Waals surface area contributed by atoms with Crippen LogP contribution >= 0.6 is 0 Å². The highest BCUT2D eigenvalue weighted by Gasteiger charge is 2.04. The average molecular weight is 321 g/mol. The van der Waals surface area contributed by atoms with Crippen molar-refractivity contribution in [2.45, 2.75) is 20.3 Å². The van der Waals surface area contributed by atoms with Crippen molar-refractivity contribution >= 4 is 23.2 Å². The zero-order valence-corrected chi connectivity index (χ0v) is 14.4. The lowest BCUT2D eigenvalue weighted by Crippen LogP contribution is -2.01. The lowest BCUT2D eigenvalue weighted by atomic mass is 10.1. The van der Waals surface area contributed by atoms with E-state index in [0.717, 1.165) is 35.4 Å². The normalized spacial score (nSPS) is 11.7. The Morgan fingerprint density at radius 3 is 2.58 bits per heavy atom. The van der Waals surface area contributed by atoms with Gasteiger partial charge in [-0.2, -0.15) is 0 Å². The molecule has 0 unspecified atom stereocenters. The molecule has 0 aliphatic carbocycles. The van der Waals surface area contributed by atoms with Crippen molar-refractivity contribution in [3.8, 4) is 5.75 Å². The zero-order valence-electron chi connectivity index (χ0n) is 14.4. The van der Waals surface area contributed by atoms with Crippen molar-refractivity contribution < 1.29 is 4.74 Å². The molecule has 0 radical (unpaired) electrons. The molecule has 1 heterocycles. The van der Waals surface area contributed by atoms with E-state index in [4.69, 9.17) is 4.74 Å². The molecule has 3 rings (SSSR count). The smallest absolute Gasteiger partial charge is 0.230 e. The topological polar surface area (TPSA) is 39.4 Å². The summed E-state index contributed by atoms with van der Waals surface area (Å²) in [5, 5.41) is 0. The second-order valence-electron chi connectivity index (χ2n) is 6.32. The van der Waals surface area contributed by atoms with Gasteiger partial charge in [0.25, 0.3) is 0 Å². The van der Waals surface area contributed by atoms with Crippen LogP contribution in [0.4, 0.5) is 5.95 Å². The Balaban J connectivity index is 1.68. The quantitative estimate of drug-likeness (QED) is 0.615. The number of nitrogens with zero attached hydrogens (tertiary/aromatic N) is 3. The number of aromatic nitrogens is 2. The van der Waals surface area contributed by atoms with Gasteiger partial charge in [-0.05, 0) is 54.3 Å². The lowest BCUT2D eigenvalue weighted by Gasteiger charge is -2.07. The van der Waals surface area contributed by atoms with Gasteiger partial charge in [-0.3, -0.25) is 0 Å². The predicted molar refractivity (Wildman–Crippen MR) is 99.4 cm³/mol. The summed E-state index contributed by atoms with van der Waals surface area (Å²) in [7, 11) is 1.98. The minimum Gasteiger partial charge on any atom is -0.494 e. The predicted octanol–water partition coefficient (Wildman–Crippen LogP) is 4.75. The molecule has 0 saturated carbocycles. The highest BCUT2D eigenvalue weighted by atomic mass is 16.5. The van der Waals surface area contributed by atoms with Crippen LogP contribution in [0.25, 0.3) is 11.0 Å². The first-order valence-electron chi connectivity index (χ1n) is 8.32. The van der Waals surface area contributed by atoms with Gasteiger partial charge in [0.2, 0.25) is 5.95 Å². The monoisotopic (exact) mass is 321 g/mol. The van der Waals surface area contributed by atoms with E-state index in [1.54, 1.807) is 0 Å². The minimum absolute atomic E-state index is 0.657. The highest BCUT2D eigenvalue weighted by molar-refractivity contribution is 5.83. The van der Waals surface area contributed by atoms with E-state index in [-0.39, 0.29) is 0 Å². The molecule has 0 aliphatic heterocycles. The van der Waals surface area contributed by atoms with Crippen LogP contribution in [0.2, 0.25) is 0 Å². The van der Waals surface area contributed by atoms with Crippen LogP contribution in [0.5, 0.6) is 5.75 Å². The Hall–Kier alpha value is -2.62. The molecule has 4 heteroatoms. The van der Waals surface area contributed by atoms with Gasteiger partial charge in [0, 0.05) is 13.3 Å². The van der Waals surface area contributed by atoms with Gasteiger partial charge in [0.1, 0.15) is 5.75 Å². The lowest BCUT2D eigenvalue weighted by molar-refractivity contribution is 0.289. The van der Waals surface area contributed by atoms with E-state index >= 15 is 0 Å². The number of para-hydroxylation sites is 2. The molecule has 0 saturated heterocycles. The van der Waals surface area contributed by atoms with Crippen LogP contribution in [0.1, 0.15) is 25.8 Å². The Bertz CT molecular complexity index is 832. The number of aryl methyl sites for hydroxylation is 1. The molecule has 3 aromatic rings. The molecule has 2 aromatic carbocycles. The molecule has 124 valence electrons. The van der Waals surface area contributed by atoms with Crippen LogP contribution in [-0.4, -0.2) is 22.4 Å². The van der Waals surface area contributed by atoms with Crippen LogP contribution < -0.4 is 4.74 Å². The summed E-state index contributed by atoms with van der Waals surface area (Å²) in [5.41, 5.74) is 3.07. The van der Waals surface area contributed by atoms with Gasteiger partial charge in [-0.25, -0.2) is 9.98 Å². The van der Waals surface area contributed by atoms with E-state index in [1.165, 1.54) is 0 Å². The average Bonchev–Trinajstić information content (AvgIpc) is 2.90. The molecular weight excluding hydrogens is 298 g/mol. The SMILES string of the molecule is CC(C)CCOc1ccc(/C=N\c2nc3ccccc3n2C)cc1. The molecule has 0 atom stereocenters. The molecule has 0 amide bonds. The summed E-state index contributed by atoms with van der Waals surface area (Å²) >= 11 is 0. The standard InChI is InChI=1S/C20H23N3O/c1-15(2)12-13-24-17-10-8-16(9-11-17)14-21-20-22-18-6-4-5-7-19(18)23(20)3/h4-11,14-15H,12-13H2,1-3H3/b21-14-. The number of rotatable bonds is 6. The summed E-state index contributed by atoms with van der Waals surface area (Å²) in [4.78, 5) is 9.06. The van der Waals surface area contributed by atoms with Crippen LogP contribution in [0.3, 0.4) is 0 Å². The third-order valence-electron chi connectivity index (χ3n) is 3.94. The van der Waals surface area contributed by atoms with Crippen molar-refractivity contribution in [2.24, 2.45) is 18.0 Å². The fourth-order valence-electron chi connectivity index (χ4n) is 2.44. The largest absolute Gasteiger partial charge is 0.494 e. The van der Waals surface area contributed by atoms with Gasteiger partial charge in [0.15, 0.2) is 0 Å². The second-order valence-corrected chi connectivity index (χ2v) is 6.32. The fraction of sp³-hybridized carbons (Fsp3) is 0.300. The number of imidazole rings is 1. The minimum atomic E-state index is 0.657. The van der Waals surface area contributed by atoms with Gasteiger partial charge >= 0.3 is 0 Å². The van der Waals surface area contributed by atoms with Crippen molar-refractivity contribution in [1.82, 2.24) is 9.55 Å². The third kappa shape index (κ3) is 3.82. The molecule has 1 aromatic heterocycles. The summed E-state index contributed by atoms with van der Waals surface area (Å²) in [6.07, 6.45) is 2.90. The Labute approximate surface area is 142 Å². The first-order valence-corrected chi connectivity index (χ1v) is 8.32. The number of hydrogen-bond donors (Lipinski definition) is 0. The van der Waals surface area contributed by atoms with Gasteiger partial charge in [-0.1, -0.05) is 26.0 Å². The molecule has 0 fully saturated rings. The van der Waals surface area contributed by atoms with E-state index in [9.17, 15) is 0 Å². The van der Waals surface area contributed by atoms with Crippen LogP contribution in [0, 0.1) is 5.92 Å². The molecule has 4 nitrogen and oxygen atoms in total. The van der Waals surface area contributed by atoms with Gasteiger partial charge in [-0.15, -0.1) is 0 Å². The maximum atomic E-state index is 5.73. The zero-order chi connectivity index (χ0) is 16.9. The molecule has 24 heavy (non-hydrogen) atoms. The maximum absolute atomic E-state index is 5.73. The number of aliphatic imine (C=N–C) groups is 1.